The number of carbonyl (C=O) groups excluding carboxylic acids is 1. The van der Waals surface area contributed by atoms with E-state index in [0.717, 1.165) is 35.2 Å². The van der Waals surface area contributed by atoms with Crippen LogP contribution in [0, 0.1) is 19.7 Å². The summed E-state index contributed by atoms with van der Waals surface area (Å²) in [5.74, 6) is -0.231. The molecule has 0 saturated heterocycles. The molecule has 4 heteroatoms. The van der Waals surface area contributed by atoms with Gasteiger partial charge in [-0.1, -0.05) is 30.3 Å². The molecule has 0 atom stereocenters. The standard InChI is InChI=1S/C20H23FN2O/c1-14-4-3-5-15(2)20(14)22-19(24)13-23(18-10-11-18)12-16-6-8-17(21)9-7-16/h3-9,18H,10-13H2,1-2H3,(H,22,24). The highest BCUT2D eigenvalue weighted by Crippen LogP contribution is 2.28. The fourth-order valence-corrected chi connectivity index (χ4v) is 2.95. The average Bonchev–Trinajstić information content (AvgIpc) is 3.37. The Labute approximate surface area is 142 Å². The Kier molecular flexibility index (Phi) is 4.95. The Balaban J connectivity index is 1.65. The molecule has 1 amide bonds. The monoisotopic (exact) mass is 326 g/mol. The molecule has 1 N–H and O–H groups in total. The van der Waals surface area contributed by atoms with E-state index in [2.05, 4.69) is 10.2 Å². The van der Waals surface area contributed by atoms with Gasteiger partial charge in [-0.2, -0.15) is 0 Å². The highest BCUT2D eigenvalue weighted by molar-refractivity contribution is 5.93. The van der Waals surface area contributed by atoms with Gasteiger partial charge in [0.05, 0.1) is 6.54 Å². The molecule has 0 heterocycles. The Morgan fingerprint density at radius 3 is 2.33 bits per heavy atom. The summed E-state index contributed by atoms with van der Waals surface area (Å²) in [5, 5.41) is 3.05. The van der Waals surface area contributed by atoms with Crippen LogP contribution in [0.4, 0.5) is 10.1 Å². The summed E-state index contributed by atoms with van der Waals surface area (Å²) >= 11 is 0. The van der Waals surface area contributed by atoms with E-state index < -0.39 is 0 Å². The first-order valence-corrected chi connectivity index (χ1v) is 8.37. The molecule has 0 bridgehead atoms. The molecule has 2 aromatic rings. The van der Waals surface area contributed by atoms with Crippen molar-refractivity contribution in [3.05, 3.63) is 65.0 Å². The number of benzene rings is 2. The van der Waals surface area contributed by atoms with Crippen molar-refractivity contribution < 1.29 is 9.18 Å². The number of para-hydroxylation sites is 1. The summed E-state index contributed by atoms with van der Waals surface area (Å²) in [7, 11) is 0. The van der Waals surface area contributed by atoms with Crippen LogP contribution in [0.2, 0.25) is 0 Å². The van der Waals surface area contributed by atoms with Gasteiger partial charge in [0.1, 0.15) is 5.82 Å². The third-order valence-corrected chi connectivity index (χ3v) is 4.45. The molecule has 1 fully saturated rings. The van der Waals surface area contributed by atoms with Crippen LogP contribution in [-0.2, 0) is 11.3 Å². The van der Waals surface area contributed by atoms with E-state index in [9.17, 15) is 9.18 Å². The Morgan fingerprint density at radius 1 is 1.12 bits per heavy atom. The van der Waals surface area contributed by atoms with Gasteiger partial charge in [-0.25, -0.2) is 4.39 Å². The second kappa shape index (κ2) is 7.14. The Morgan fingerprint density at radius 2 is 1.75 bits per heavy atom. The van der Waals surface area contributed by atoms with Gasteiger partial charge in [0.15, 0.2) is 0 Å². The minimum absolute atomic E-state index is 0.00131. The summed E-state index contributed by atoms with van der Waals surface area (Å²) < 4.78 is 13.0. The SMILES string of the molecule is Cc1cccc(C)c1NC(=O)CN(Cc1ccc(F)cc1)C1CC1. The number of rotatable bonds is 6. The first kappa shape index (κ1) is 16.7. The van der Waals surface area contributed by atoms with Crippen LogP contribution in [0.3, 0.4) is 0 Å². The van der Waals surface area contributed by atoms with Gasteiger partial charge >= 0.3 is 0 Å². The first-order chi connectivity index (χ1) is 11.5. The van der Waals surface area contributed by atoms with E-state index in [4.69, 9.17) is 0 Å². The molecule has 0 unspecified atom stereocenters. The summed E-state index contributed by atoms with van der Waals surface area (Å²) in [5.41, 5.74) is 4.07. The Bertz CT molecular complexity index is 703. The highest BCUT2D eigenvalue weighted by Gasteiger charge is 2.30. The molecule has 1 saturated carbocycles. The normalized spacial score (nSPS) is 14.0. The fraction of sp³-hybridized carbons (Fsp3) is 0.350. The van der Waals surface area contributed by atoms with Gasteiger partial charge < -0.3 is 5.32 Å². The number of aryl methyl sites for hydroxylation is 2. The van der Waals surface area contributed by atoms with Gasteiger partial charge in [-0.15, -0.1) is 0 Å². The van der Waals surface area contributed by atoms with Crippen LogP contribution in [0.1, 0.15) is 29.5 Å². The van der Waals surface area contributed by atoms with Crippen molar-refractivity contribution >= 4 is 11.6 Å². The van der Waals surface area contributed by atoms with Crippen molar-refractivity contribution in [3.8, 4) is 0 Å². The lowest BCUT2D eigenvalue weighted by Gasteiger charge is -2.22. The number of anilines is 1. The van der Waals surface area contributed by atoms with E-state index in [1.54, 1.807) is 12.1 Å². The number of hydrogen-bond donors (Lipinski definition) is 1. The lowest BCUT2D eigenvalue weighted by Crippen LogP contribution is -2.34. The van der Waals surface area contributed by atoms with Crippen LogP contribution in [0.25, 0.3) is 0 Å². The zero-order valence-electron chi connectivity index (χ0n) is 14.2. The van der Waals surface area contributed by atoms with E-state index >= 15 is 0 Å². The van der Waals surface area contributed by atoms with Crippen molar-refractivity contribution in [1.29, 1.82) is 0 Å². The maximum Gasteiger partial charge on any atom is 0.238 e. The number of hydrogen-bond acceptors (Lipinski definition) is 2. The highest BCUT2D eigenvalue weighted by atomic mass is 19.1. The van der Waals surface area contributed by atoms with E-state index in [0.29, 0.717) is 19.1 Å². The molecule has 3 nitrogen and oxygen atoms in total. The molecule has 0 aliphatic heterocycles. The van der Waals surface area contributed by atoms with E-state index in [1.165, 1.54) is 12.1 Å². The minimum atomic E-state index is -0.232. The molecule has 0 spiro atoms. The topological polar surface area (TPSA) is 32.3 Å². The van der Waals surface area contributed by atoms with Crippen LogP contribution in [0.5, 0.6) is 0 Å². The van der Waals surface area contributed by atoms with Gasteiger partial charge in [0.25, 0.3) is 0 Å². The third-order valence-electron chi connectivity index (χ3n) is 4.45. The van der Waals surface area contributed by atoms with Crippen LogP contribution < -0.4 is 5.32 Å². The molecule has 126 valence electrons. The summed E-state index contributed by atoms with van der Waals surface area (Å²) in [6.07, 6.45) is 2.25. The number of nitrogens with one attached hydrogen (secondary N) is 1. The molecular weight excluding hydrogens is 303 g/mol. The lowest BCUT2D eigenvalue weighted by atomic mass is 10.1. The van der Waals surface area contributed by atoms with Crippen molar-refractivity contribution in [3.63, 3.8) is 0 Å². The zero-order valence-corrected chi connectivity index (χ0v) is 14.2. The predicted octanol–water partition coefficient (Wildman–Crippen LogP) is 4.05. The zero-order chi connectivity index (χ0) is 17.1. The second-order valence-electron chi connectivity index (χ2n) is 6.58. The van der Waals surface area contributed by atoms with E-state index in [1.807, 2.05) is 32.0 Å². The van der Waals surface area contributed by atoms with Crippen molar-refractivity contribution in [2.24, 2.45) is 0 Å². The molecule has 3 rings (SSSR count). The fourth-order valence-electron chi connectivity index (χ4n) is 2.95. The van der Waals surface area contributed by atoms with Crippen molar-refractivity contribution in [1.82, 2.24) is 4.90 Å². The van der Waals surface area contributed by atoms with Crippen LogP contribution >= 0.6 is 0 Å². The predicted molar refractivity (Wildman–Crippen MR) is 94.4 cm³/mol. The molecule has 2 aromatic carbocycles. The summed E-state index contributed by atoms with van der Waals surface area (Å²) in [6, 6.07) is 13.0. The van der Waals surface area contributed by atoms with Crippen molar-refractivity contribution in [2.45, 2.75) is 39.3 Å². The molecule has 1 aliphatic rings. The van der Waals surface area contributed by atoms with E-state index in [-0.39, 0.29) is 11.7 Å². The minimum Gasteiger partial charge on any atom is -0.324 e. The number of carbonyl (C=O) groups is 1. The Hall–Kier alpha value is -2.20. The second-order valence-corrected chi connectivity index (χ2v) is 6.58. The molecule has 24 heavy (non-hydrogen) atoms. The van der Waals surface area contributed by atoms with Crippen LogP contribution in [-0.4, -0.2) is 23.4 Å². The van der Waals surface area contributed by atoms with Crippen molar-refractivity contribution in [2.75, 3.05) is 11.9 Å². The molecule has 0 radical (unpaired) electrons. The quantitative estimate of drug-likeness (QED) is 0.869. The van der Waals surface area contributed by atoms with Gasteiger partial charge in [0.2, 0.25) is 5.91 Å². The summed E-state index contributed by atoms with van der Waals surface area (Å²) in [4.78, 5) is 14.7. The average molecular weight is 326 g/mol. The van der Waals surface area contributed by atoms with Crippen LogP contribution in [0.15, 0.2) is 42.5 Å². The number of nitrogens with zero attached hydrogens (tertiary/aromatic N) is 1. The largest absolute Gasteiger partial charge is 0.324 e. The molecule has 0 aromatic heterocycles. The molecular formula is C20H23FN2O. The first-order valence-electron chi connectivity index (χ1n) is 8.37. The number of amides is 1. The number of halogens is 1. The van der Waals surface area contributed by atoms with Gasteiger partial charge in [-0.05, 0) is 55.5 Å². The van der Waals surface area contributed by atoms with Gasteiger partial charge in [-0.3, -0.25) is 9.69 Å². The third kappa shape index (κ3) is 4.20. The maximum atomic E-state index is 13.0. The lowest BCUT2D eigenvalue weighted by molar-refractivity contribution is -0.117. The molecule has 1 aliphatic carbocycles. The maximum absolute atomic E-state index is 13.0. The summed E-state index contributed by atoms with van der Waals surface area (Å²) in [6.45, 7) is 5.03. The van der Waals surface area contributed by atoms with Gasteiger partial charge in [0, 0.05) is 18.3 Å². The smallest absolute Gasteiger partial charge is 0.238 e.